The Balaban J connectivity index is 2.20. The second-order valence-electron chi connectivity index (χ2n) is 3.40. The fourth-order valence-electron chi connectivity index (χ4n) is 1.98. The van der Waals surface area contributed by atoms with E-state index >= 15 is 0 Å². The van der Waals surface area contributed by atoms with Crippen LogP contribution in [0.25, 0.3) is 3.58 Å². The van der Waals surface area contributed by atoms with Crippen LogP contribution in [0.1, 0.15) is 11.1 Å². The minimum absolute atomic E-state index is 0.576. The quantitative estimate of drug-likeness (QED) is 0.686. The topological polar surface area (TPSA) is 18.5 Å². The molecule has 1 aromatic rings. The van der Waals surface area contributed by atoms with Crippen LogP contribution in [0.15, 0.2) is 30.3 Å². The Bertz CT molecular complexity index is 406. The lowest BCUT2D eigenvalue weighted by Gasteiger charge is -2.20. The van der Waals surface area contributed by atoms with Crippen LogP contribution in [-0.4, -0.2) is 13.2 Å². The largest absolute Gasteiger partial charge is 0.340 e. The van der Waals surface area contributed by atoms with Gasteiger partial charge in [0.1, 0.15) is 0 Å². The molecule has 0 aromatic heterocycles. The number of hydrogen-bond donors (Lipinski definition) is 0. The predicted octanol–water partition coefficient (Wildman–Crippen LogP) is 2.68. The summed E-state index contributed by atoms with van der Waals surface area (Å²) in [6.07, 6.45) is 2.06. The van der Waals surface area contributed by atoms with Crippen LogP contribution in [0.3, 0.4) is 0 Å². The first-order valence-corrected chi connectivity index (χ1v) is 5.66. The summed E-state index contributed by atoms with van der Waals surface area (Å²) in [4.78, 5) is 0. The Morgan fingerprint density at radius 3 is 2.64 bits per heavy atom. The van der Waals surface area contributed by atoms with E-state index in [0.717, 1.165) is 5.56 Å². The summed E-state index contributed by atoms with van der Waals surface area (Å²) in [7, 11) is 0. The first-order chi connectivity index (χ1) is 6.82. The second-order valence-corrected chi connectivity index (χ2v) is 4.56. The second kappa shape index (κ2) is 3.05. The molecule has 3 heteroatoms. The monoisotopic (exact) mass is 300 g/mol. The van der Waals surface area contributed by atoms with E-state index in [1.54, 1.807) is 0 Å². The Labute approximate surface area is 96.0 Å². The van der Waals surface area contributed by atoms with Gasteiger partial charge in [0.15, 0.2) is 0 Å². The fraction of sp³-hybridized carbons (Fsp3) is 0.273. The van der Waals surface area contributed by atoms with E-state index in [4.69, 9.17) is 9.47 Å². The van der Waals surface area contributed by atoms with Gasteiger partial charge in [0, 0.05) is 9.14 Å². The van der Waals surface area contributed by atoms with Gasteiger partial charge in [0.25, 0.3) is 0 Å². The average Bonchev–Trinajstić information content (AvgIpc) is 2.77. The molecule has 0 amide bonds. The van der Waals surface area contributed by atoms with Gasteiger partial charge in [0.2, 0.25) is 5.79 Å². The average molecular weight is 300 g/mol. The zero-order valence-corrected chi connectivity index (χ0v) is 9.65. The number of rotatable bonds is 0. The highest BCUT2D eigenvalue weighted by molar-refractivity contribution is 14.1. The van der Waals surface area contributed by atoms with Crippen molar-refractivity contribution in [3.05, 3.63) is 41.5 Å². The van der Waals surface area contributed by atoms with Gasteiger partial charge in [-0.15, -0.1) is 0 Å². The number of benzene rings is 1. The smallest absolute Gasteiger partial charge is 0.217 e. The van der Waals surface area contributed by atoms with Crippen LogP contribution in [0.4, 0.5) is 0 Å². The molecule has 1 spiro atoms. The van der Waals surface area contributed by atoms with Gasteiger partial charge >= 0.3 is 0 Å². The van der Waals surface area contributed by atoms with Crippen LogP contribution in [0, 0.1) is 0 Å². The van der Waals surface area contributed by atoms with Gasteiger partial charge in [0.05, 0.1) is 13.2 Å². The van der Waals surface area contributed by atoms with E-state index in [1.165, 1.54) is 9.14 Å². The number of halogens is 1. The van der Waals surface area contributed by atoms with Crippen molar-refractivity contribution in [2.75, 3.05) is 13.2 Å². The molecule has 1 fully saturated rings. The molecule has 0 N–H and O–H groups in total. The molecule has 1 heterocycles. The minimum Gasteiger partial charge on any atom is -0.340 e. The minimum atomic E-state index is -0.576. The first-order valence-electron chi connectivity index (χ1n) is 4.58. The van der Waals surface area contributed by atoms with Crippen molar-refractivity contribution in [1.29, 1.82) is 0 Å². The Kier molecular flexibility index (Phi) is 1.93. The SMILES string of the molecule is IC1=CC2(OCCO2)c2ccccc21. The lowest BCUT2D eigenvalue weighted by Crippen LogP contribution is -2.21. The summed E-state index contributed by atoms with van der Waals surface area (Å²) in [6, 6.07) is 8.24. The molecule has 1 aliphatic carbocycles. The van der Waals surface area contributed by atoms with E-state index in [2.05, 4.69) is 40.8 Å². The van der Waals surface area contributed by atoms with Gasteiger partial charge < -0.3 is 9.47 Å². The van der Waals surface area contributed by atoms with E-state index in [1.807, 2.05) is 12.1 Å². The molecule has 1 aliphatic heterocycles. The third-order valence-electron chi connectivity index (χ3n) is 2.59. The third-order valence-corrected chi connectivity index (χ3v) is 3.49. The Hall–Kier alpha value is -0.390. The highest BCUT2D eigenvalue weighted by atomic mass is 127. The van der Waals surface area contributed by atoms with Crippen molar-refractivity contribution in [3.8, 4) is 0 Å². The van der Waals surface area contributed by atoms with Crippen molar-refractivity contribution in [2.45, 2.75) is 5.79 Å². The zero-order chi connectivity index (χ0) is 9.60. The first kappa shape index (κ1) is 8.88. The van der Waals surface area contributed by atoms with Crippen molar-refractivity contribution >= 4 is 26.2 Å². The molecule has 2 aliphatic rings. The third kappa shape index (κ3) is 1.09. The number of fused-ring (bicyclic) bond motifs is 2. The molecule has 1 saturated heterocycles. The molecule has 3 rings (SSSR count). The van der Waals surface area contributed by atoms with Crippen molar-refractivity contribution < 1.29 is 9.47 Å². The van der Waals surface area contributed by atoms with E-state index < -0.39 is 5.79 Å². The molecule has 0 radical (unpaired) electrons. The molecule has 0 saturated carbocycles. The summed E-state index contributed by atoms with van der Waals surface area (Å²) in [5.41, 5.74) is 2.37. The van der Waals surface area contributed by atoms with Crippen LogP contribution >= 0.6 is 22.6 Å². The fourth-order valence-corrected chi connectivity index (χ4v) is 2.86. The predicted molar refractivity (Wildman–Crippen MR) is 62.0 cm³/mol. The summed E-state index contributed by atoms with van der Waals surface area (Å²) in [5, 5.41) is 0. The summed E-state index contributed by atoms with van der Waals surface area (Å²) < 4.78 is 12.6. The van der Waals surface area contributed by atoms with E-state index in [9.17, 15) is 0 Å². The number of ether oxygens (including phenoxy) is 2. The molecule has 14 heavy (non-hydrogen) atoms. The molecule has 0 bridgehead atoms. The lowest BCUT2D eigenvalue weighted by atomic mass is 10.1. The highest BCUT2D eigenvalue weighted by Crippen LogP contribution is 2.46. The maximum Gasteiger partial charge on any atom is 0.217 e. The van der Waals surface area contributed by atoms with Gasteiger partial charge in [-0.1, -0.05) is 24.3 Å². The van der Waals surface area contributed by atoms with Gasteiger partial charge in [-0.2, -0.15) is 0 Å². The van der Waals surface area contributed by atoms with Gasteiger partial charge in [-0.3, -0.25) is 0 Å². The summed E-state index contributed by atoms with van der Waals surface area (Å²) in [6.45, 7) is 1.35. The van der Waals surface area contributed by atoms with Gasteiger partial charge in [-0.05, 0) is 34.2 Å². The van der Waals surface area contributed by atoms with Crippen LogP contribution < -0.4 is 0 Å². The summed E-state index contributed by atoms with van der Waals surface area (Å²) in [5.74, 6) is -0.576. The molecule has 0 atom stereocenters. The van der Waals surface area contributed by atoms with Crippen molar-refractivity contribution in [1.82, 2.24) is 0 Å². The molecule has 1 aromatic carbocycles. The van der Waals surface area contributed by atoms with Crippen LogP contribution in [0.5, 0.6) is 0 Å². The maximum atomic E-state index is 5.69. The molecule has 72 valence electrons. The highest BCUT2D eigenvalue weighted by Gasteiger charge is 2.42. The van der Waals surface area contributed by atoms with Crippen LogP contribution in [-0.2, 0) is 15.3 Å². The van der Waals surface area contributed by atoms with Gasteiger partial charge in [-0.25, -0.2) is 0 Å². The standard InChI is InChI=1S/C11H9IO2/c12-10-7-11(13-5-6-14-11)9-4-2-1-3-8(9)10/h1-4,7H,5-6H2. The van der Waals surface area contributed by atoms with E-state index in [-0.39, 0.29) is 0 Å². The maximum absolute atomic E-state index is 5.69. The molecular weight excluding hydrogens is 291 g/mol. The van der Waals surface area contributed by atoms with Crippen LogP contribution in [0.2, 0.25) is 0 Å². The lowest BCUT2D eigenvalue weighted by molar-refractivity contribution is -0.120. The Morgan fingerprint density at radius 1 is 1.14 bits per heavy atom. The molecule has 0 unspecified atom stereocenters. The van der Waals surface area contributed by atoms with Crippen molar-refractivity contribution in [3.63, 3.8) is 0 Å². The van der Waals surface area contributed by atoms with E-state index in [0.29, 0.717) is 13.2 Å². The molecule has 2 nitrogen and oxygen atoms in total. The molecular formula is C11H9IO2. The zero-order valence-electron chi connectivity index (χ0n) is 7.50. The summed E-state index contributed by atoms with van der Waals surface area (Å²) >= 11 is 2.32. The normalized spacial score (nSPS) is 22.5. The Morgan fingerprint density at radius 2 is 1.86 bits per heavy atom. The van der Waals surface area contributed by atoms with Crippen molar-refractivity contribution in [2.24, 2.45) is 0 Å². The number of hydrogen-bond acceptors (Lipinski definition) is 2.